The van der Waals surface area contributed by atoms with Gasteiger partial charge in [0.15, 0.2) is 17.5 Å². The molecule has 2 saturated heterocycles. The molecule has 0 radical (unpaired) electrons. The molecule has 0 saturated carbocycles. The van der Waals surface area contributed by atoms with E-state index >= 15 is 0 Å². The first-order chi connectivity index (χ1) is 17.0. The van der Waals surface area contributed by atoms with Crippen LogP contribution >= 0.6 is 0 Å². The summed E-state index contributed by atoms with van der Waals surface area (Å²) < 4.78 is 34.0. The number of benzene rings is 2. The molecule has 2 fully saturated rings. The van der Waals surface area contributed by atoms with Gasteiger partial charge in [-0.3, -0.25) is 4.84 Å². The molecular weight excluding hydrogens is 452 g/mol. The topological polar surface area (TPSA) is 62.8 Å². The molecule has 184 valence electrons. The Morgan fingerprint density at radius 3 is 2.69 bits per heavy atom. The zero-order valence-electron chi connectivity index (χ0n) is 19.9. The number of piperidine rings is 1. The molecule has 0 bridgehead atoms. The highest BCUT2D eigenvalue weighted by Gasteiger charge is 2.32. The smallest absolute Gasteiger partial charge is 0.164 e. The SMILES string of the molecule is COc1cc(C2CCN(C)CC2)ccc1Nc1cc(N2OCC[C@@H]2c2cccc(F)c2F)ncn1. The third kappa shape index (κ3) is 4.92. The van der Waals surface area contributed by atoms with Gasteiger partial charge in [0.1, 0.15) is 17.9 Å². The lowest BCUT2D eigenvalue weighted by atomic mass is 9.89. The van der Waals surface area contributed by atoms with Crippen molar-refractivity contribution >= 4 is 17.3 Å². The first-order valence-electron chi connectivity index (χ1n) is 11.8. The van der Waals surface area contributed by atoms with Gasteiger partial charge in [0.2, 0.25) is 0 Å². The van der Waals surface area contributed by atoms with Crippen molar-refractivity contribution in [3.05, 3.63) is 71.6 Å². The molecular formula is C26H29F2N5O2. The van der Waals surface area contributed by atoms with Crippen molar-refractivity contribution < 1.29 is 18.4 Å². The van der Waals surface area contributed by atoms with E-state index in [1.165, 1.54) is 23.0 Å². The molecule has 9 heteroatoms. The summed E-state index contributed by atoms with van der Waals surface area (Å²) >= 11 is 0. The van der Waals surface area contributed by atoms with E-state index in [1.807, 2.05) is 6.07 Å². The van der Waals surface area contributed by atoms with Gasteiger partial charge < -0.3 is 15.0 Å². The van der Waals surface area contributed by atoms with Crippen LogP contribution in [0, 0.1) is 11.6 Å². The number of aromatic nitrogens is 2. The zero-order chi connectivity index (χ0) is 24.4. The Kier molecular flexibility index (Phi) is 6.79. The number of nitrogens with one attached hydrogen (secondary N) is 1. The molecule has 7 nitrogen and oxygen atoms in total. The number of likely N-dealkylation sites (tertiary alicyclic amines) is 1. The number of methoxy groups -OCH3 is 1. The van der Waals surface area contributed by atoms with Crippen LogP contribution < -0.4 is 15.1 Å². The van der Waals surface area contributed by atoms with Crippen molar-refractivity contribution in [2.45, 2.75) is 31.2 Å². The molecule has 35 heavy (non-hydrogen) atoms. The maximum atomic E-state index is 14.5. The van der Waals surface area contributed by atoms with Crippen LogP contribution in [0.1, 0.15) is 42.3 Å². The highest BCUT2D eigenvalue weighted by Crippen LogP contribution is 2.38. The summed E-state index contributed by atoms with van der Waals surface area (Å²) in [6.07, 6.45) is 4.19. The summed E-state index contributed by atoms with van der Waals surface area (Å²) in [6, 6.07) is 11.6. The quantitative estimate of drug-likeness (QED) is 0.519. The van der Waals surface area contributed by atoms with Gasteiger partial charge in [-0.15, -0.1) is 0 Å². The average Bonchev–Trinajstić information content (AvgIpc) is 3.36. The lowest BCUT2D eigenvalue weighted by Crippen LogP contribution is -2.29. The fourth-order valence-corrected chi connectivity index (χ4v) is 4.84. The molecule has 0 spiro atoms. The van der Waals surface area contributed by atoms with Crippen molar-refractivity contribution in [3.8, 4) is 5.75 Å². The molecule has 3 heterocycles. The fraction of sp³-hybridized carbons (Fsp3) is 0.385. The lowest BCUT2D eigenvalue weighted by Gasteiger charge is -2.29. The van der Waals surface area contributed by atoms with Gasteiger partial charge in [-0.1, -0.05) is 18.2 Å². The van der Waals surface area contributed by atoms with E-state index in [0.717, 1.165) is 43.4 Å². The van der Waals surface area contributed by atoms with E-state index < -0.39 is 17.7 Å². The molecule has 0 amide bonds. The Bertz CT molecular complexity index is 1190. The van der Waals surface area contributed by atoms with E-state index in [1.54, 1.807) is 19.2 Å². The van der Waals surface area contributed by atoms with E-state index in [-0.39, 0.29) is 5.56 Å². The Morgan fingerprint density at radius 1 is 1.06 bits per heavy atom. The number of rotatable bonds is 6. The van der Waals surface area contributed by atoms with Crippen LogP contribution in [0.25, 0.3) is 0 Å². The summed E-state index contributed by atoms with van der Waals surface area (Å²) in [7, 11) is 3.81. The fourth-order valence-electron chi connectivity index (χ4n) is 4.84. The number of nitrogens with zero attached hydrogens (tertiary/aromatic N) is 4. The first-order valence-corrected chi connectivity index (χ1v) is 11.8. The number of ether oxygens (including phenoxy) is 1. The van der Waals surface area contributed by atoms with Crippen molar-refractivity contribution in [2.75, 3.05) is 44.2 Å². The number of hydrogen-bond acceptors (Lipinski definition) is 7. The molecule has 5 rings (SSSR count). The summed E-state index contributed by atoms with van der Waals surface area (Å²) in [4.78, 5) is 16.7. The van der Waals surface area contributed by atoms with Gasteiger partial charge in [-0.25, -0.2) is 23.8 Å². The maximum absolute atomic E-state index is 14.5. The third-order valence-electron chi connectivity index (χ3n) is 6.80. The molecule has 0 aliphatic carbocycles. The minimum Gasteiger partial charge on any atom is -0.495 e. The van der Waals surface area contributed by atoms with Gasteiger partial charge in [0, 0.05) is 18.1 Å². The Hall–Kier alpha value is -3.30. The maximum Gasteiger partial charge on any atom is 0.164 e. The summed E-state index contributed by atoms with van der Waals surface area (Å²) in [6.45, 7) is 2.56. The van der Waals surface area contributed by atoms with E-state index in [0.29, 0.717) is 30.6 Å². The van der Waals surface area contributed by atoms with Crippen molar-refractivity contribution in [2.24, 2.45) is 0 Å². The second-order valence-electron chi connectivity index (χ2n) is 9.03. The van der Waals surface area contributed by atoms with Crippen LogP contribution in [0.3, 0.4) is 0 Å². The van der Waals surface area contributed by atoms with E-state index in [2.05, 4.69) is 39.4 Å². The molecule has 2 aliphatic rings. The number of anilines is 3. The summed E-state index contributed by atoms with van der Waals surface area (Å²) in [5.74, 6) is 0.501. The average molecular weight is 482 g/mol. The molecule has 0 unspecified atom stereocenters. The van der Waals surface area contributed by atoms with Gasteiger partial charge >= 0.3 is 0 Å². The molecule has 3 aromatic rings. The second kappa shape index (κ2) is 10.1. The highest BCUT2D eigenvalue weighted by molar-refractivity contribution is 5.66. The number of hydroxylamine groups is 1. The van der Waals surface area contributed by atoms with Crippen molar-refractivity contribution in [3.63, 3.8) is 0 Å². The molecule has 1 aromatic heterocycles. The molecule has 2 aromatic carbocycles. The third-order valence-corrected chi connectivity index (χ3v) is 6.80. The minimum absolute atomic E-state index is 0.238. The summed E-state index contributed by atoms with van der Waals surface area (Å²) in [5.41, 5.74) is 2.29. The van der Waals surface area contributed by atoms with Crippen LogP contribution in [-0.4, -0.2) is 48.7 Å². The minimum atomic E-state index is -0.879. The van der Waals surface area contributed by atoms with Crippen LogP contribution in [-0.2, 0) is 4.84 Å². The number of halogens is 2. The monoisotopic (exact) mass is 481 g/mol. The Labute approximate surface area is 203 Å². The molecule has 1 N–H and O–H groups in total. The highest BCUT2D eigenvalue weighted by atomic mass is 19.2. The van der Waals surface area contributed by atoms with Crippen LogP contribution in [0.4, 0.5) is 26.1 Å². The summed E-state index contributed by atoms with van der Waals surface area (Å²) in [5, 5.41) is 4.82. The normalized spacial score (nSPS) is 19.2. The van der Waals surface area contributed by atoms with Crippen LogP contribution in [0.15, 0.2) is 48.8 Å². The van der Waals surface area contributed by atoms with Crippen molar-refractivity contribution in [1.29, 1.82) is 0 Å². The van der Waals surface area contributed by atoms with E-state index in [9.17, 15) is 8.78 Å². The van der Waals surface area contributed by atoms with Gasteiger partial charge in [0.25, 0.3) is 0 Å². The predicted molar refractivity (Wildman–Crippen MR) is 130 cm³/mol. The zero-order valence-corrected chi connectivity index (χ0v) is 19.9. The first kappa shape index (κ1) is 23.4. The van der Waals surface area contributed by atoms with E-state index in [4.69, 9.17) is 9.57 Å². The van der Waals surface area contributed by atoms with Crippen LogP contribution in [0.5, 0.6) is 5.75 Å². The molecule has 2 aliphatic heterocycles. The standard InChI is InChI=1S/C26H29F2N5O2/c1-32-11-8-17(9-12-32)18-6-7-21(23(14-18)34-2)31-24-15-25(30-16-29-24)33-22(10-13-35-33)19-4-3-5-20(27)26(19)28/h3-7,14-17,22H,8-13H2,1-2H3,(H,29,30,31)/t22-/m1/s1. The van der Waals surface area contributed by atoms with Crippen LogP contribution in [0.2, 0.25) is 0 Å². The number of hydrogen-bond donors (Lipinski definition) is 1. The van der Waals surface area contributed by atoms with Crippen molar-refractivity contribution in [1.82, 2.24) is 14.9 Å². The van der Waals surface area contributed by atoms with Gasteiger partial charge in [-0.2, -0.15) is 0 Å². The predicted octanol–water partition coefficient (Wildman–Crippen LogP) is 5.20. The van der Waals surface area contributed by atoms with Gasteiger partial charge in [0.05, 0.1) is 25.4 Å². The Balaban J connectivity index is 1.36. The molecule has 1 atom stereocenters. The Morgan fingerprint density at radius 2 is 1.89 bits per heavy atom. The largest absolute Gasteiger partial charge is 0.495 e. The second-order valence-corrected chi connectivity index (χ2v) is 9.03. The van der Waals surface area contributed by atoms with Gasteiger partial charge in [-0.05, 0) is 62.7 Å². The lowest BCUT2D eigenvalue weighted by molar-refractivity contribution is 0.156.